The van der Waals surface area contributed by atoms with Gasteiger partial charge in [0, 0.05) is 37.1 Å². The monoisotopic (exact) mass is 301 g/mol. The Morgan fingerprint density at radius 3 is 2.91 bits per heavy atom. The van der Waals surface area contributed by atoms with E-state index >= 15 is 0 Å². The van der Waals surface area contributed by atoms with Crippen molar-refractivity contribution in [3.8, 4) is 0 Å². The van der Waals surface area contributed by atoms with E-state index < -0.39 is 0 Å². The van der Waals surface area contributed by atoms with E-state index in [0.717, 1.165) is 36.4 Å². The number of hydrogen-bond acceptors (Lipinski definition) is 4. The number of nitrogens with one attached hydrogen (secondary N) is 1. The average molecular weight is 301 g/mol. The highest BCUT2D eigenvalue weighted by molar-refractivity contribution is 5.98. The van der Waals surface area contributed by atoms with Crippen molar-refractivity contribution in [1.82, 2.24) is 25.0 Å². The topological polar surface area (TPSA) is 63.1 Å². The van der Waals surface area contributed by atoms with Crippen LogP contribution in [0.1, 0.15) is 42.9 Å². The molecule has 0 bridgehead atoms. The van der Waals surface area contributed by atoms with Crippen molar-refractivity contribution in [2.24, 2.45) is 0 Å². The first-order chi connectivity index (χ1) is 10.5. The summed E-state index contributed by atoms with van der Waals surface area (Å²) in [4.78, 5) is 19.4. The summed E-state index contributed by atoms with van der Waals surface area (Å²) in [5.41, 5.74) is 2.30. The Balaban J connectivity index is 2.00. The Hall–Kier alpha value is -1.95. The van der Waals surface area contributed by atoms with Gasteiger partial charge in [0.15, 0.2) is 5.65 Å². The fraction of sp³-hybridized carbons (Fsp3) is 0.562. The number of pyridine rings is 1. The Morgan fingerprint density at radius 1 is 1.45 bits per heavy atom. The summed E-state index contributed by atoms with van der Waals surface area (Å²) in [6.07, 6.45) is 1.79. The van der Waals surface area contributed by atoms with Crippen LogP contribution < -0.4 is 5.32 Å². The maximum atomic E-state index is 12.8. The van der Waals surface area contributed by atoms with E-state index in [0.29, 0.717) is 5.56 Å². The molecular formula is C16H23N5O. The smallest absolute Gasteiger partial charge is 0.256 e. The predicted molar refractivity (Wildman–Crippen MR) is 86.0 cm³/mol. The van der Waals surface area contributed by atoms with Crippen LogP contribution in [0.4, 0.5) is 0 Å². The molecule has 118 valence electrons. The van der Waals surface area contributed by atoms with Gasteiger partial charge < -0.3 is 10.2 Å². The van der Waals surface area contributed by atoms with Gasteiger partial charge in [-0.05, 0) is 33.8 Å². The predicted octanol–water partition coefficient (Wildman–Crippen LogP) is 1.75. The van der Waals surface area contributed by atoms with Gasteiger partial charge in [-0.2, -0.15) is 5.10 Å². The van der Waals surface area contributed by atoms with Crippen LogP contribution in [0.5, 0.6) is 0 Å². The van der Waals surface area contributed by atoms with Crippen molar-refractivity contribution in [3.05, 3.63) is 23.5 Å². The van der Waals surface area contributed by atoms with Crippen molar-refractivity contribution in [2.45, 2.75) is 39.8 Å². The first-order valence-electron chi connectivity index (χ1n) is 7.85. The van der Waals surface area contributed by atoms with Crippen molar-refractivity contribution in [2.75, 3.05) is 19.6 Å². The van der Waals surface area contributed by atoms with Crippen molar-refractivity contribution >= 4 is 16.9 Å². The number of amides is 1. The lowest BCUT2D eigenvalue weighted by Crippen LogP contribution is -2.52. The average Bonchev–Trinajstić information content (AvgIpc) is 2.89. The van der Waals surface area contributed by atoms with E-state index in [1.807, 2.05) is 22.6 Å². The summed E-state index contributed by atoms with van der Waals surface area (Å²) in [5.74, 6) is 0.0678. The number of nitrogens with zero attached hydrogens (tertiary/aromatic N) is 4. The molecule has 1 saturated heterocycles. The Morgan fingerprint density at radius 2 is 2.23 bits per heavy atom. The summed E-state index contributed by atoms with van der Waals surface area (Å²) in [7, 11) is 0. The molecule has 1 amide bonds. The molecule has 2 aromatic heterocycles. The number of piperazine rings is 1. The van der Waals surface area contributed by atoms with Crippen LogP contribution in [0.3, 0.4) is 0 Å². The SMILES string of the molecule is Cc1nc2c(cnn2C(C)C)cc1C(=O)N1CCNC[C@@H]1C. The fourth-order valence-corrected chi connectivity index (χ4v) is 2.96. The van der Waals surface area contributed by atoms with Gasteiger partial charge in [0.05, 0.1) is 17.5 Å². The zero-order valence-corrected chi connectivity index (χ0v) is 13.6. The number of aromatic nitrogens is 3. The maximum Gasteiger partial charge on any atom is 0.256 e. The van der Waals surface area contributed by atoms with Crippen LogP contribution in [0.15, 0.2) is 12.3 Å². The van der Waals surface area contributed by atoms with Crippen LogP contribution in [0, 0.1) is 6.92 Å². The second-order valence-electron chi connectivity index (χ2n) is 6.27. The van der Waals surface area contributed by atoms with Gasteiger partial charge in [-0.15, -0.1) is 0 Å². The summed E-state index contributed by atoms with van der Waals surface area (Å²) in [6, 6.07) is 2.38. The van der Waals surface area contributed by atoms with Gasteiger partial charge in [-0.1, -0.05) is 0 Å². The van der Waals surface area contributed by atoms with Gasteiger partial charge in [-0.25, -0.2) is 9.67 Å². The van der Waals surface area contributed by atoms with Crippen LogP contribution in [0.2, 0.25) is 0 Å². The molecule has 1 atom stereocenters. The molecule has 3 rings (SSSR count). The molecule has 0 aliphatic carbocycles. The van der Waals surface area contributed by atoms with E-state index in [1.165, 1.54) is 0 Å². The first kappa shape index (κ1) is 15.0. The molecule has 0 saturated carbocycles. The Kier molecular flexibility index (Phi) is 3.87. The number of carbonyl (C=O) groups is 1. The second kappa shape index (κ2) is 5.68. The highest BCUT2D eigenvalue weighted by Gasteiger charge is 2.26. The third kappa shape index (κ3) is 2.47. The van der Waals surface area contributed by atoms with E-state index in [1.54, 1.807) is 6.20 Å². The zero-order valence-electron chi connectivity index (χ0n) is 13.6. The Bertz CT molecular complexity index is 706. The van der Waals surface area contributed by atoms with Crippen LogP contribution >= 0.6 is 0 Å². The van der Waals surface area contributed by atoms with Gasteiger partial charge in [0.1, 0.15) is 0 Å². The minimum atomic E-state index is 0.0678. The zero-order chi connectivity index (χ0) is 15.9. The summed E-state index contributed by atoms with van der Waals surface area (Å²) in [6.45, 7) is 10.5. The standard InChI is InChI=1S/C16H23N5O/c1-10(2)21-15-13(9-18-21)7-14(12(4)19-15)16(22)20-6-5-17-8-11(20)3/h7,9-11,17H,5-6,8H2,1-4H3/t11-/m0/s1. The highest BCUT2D eigenvalue weighted by atomic mass is 16.2. The molecule has 0 aromatic carbocycles. The third-order valence-electron chi connectivity index (χ3n) is 4.24. The molecule has 1 fully saturated rings. The lowest BCUT2D eigenvalue weighted by molar-refractivity contribution is 0.0654. The van der Waals surface area contributed by atoms with Crippen molar-refractivity contribution < 1.29 is 4.79 Å². The van der Waals surface area contributed by atoms with E-state index in [4.69, 9.17) is 0 Å². The van der Waals surface area contributed by atoms with Crippen molar-refractivity contribution in [1.29, 1.82) is 0 Å². The largest absolute Gasteiger partial charge is 0.333 e. The van der Waals surface area contributed by atoms with E-state index in [9.17, 15) is 4.79 Å². The molecule has 0 radical (unpaired) electrons. The van der Waals surface area contributed by atoms with E-state index in [-0.39, 0.29) is 18.0 Å². The van der Waals surface area contributed by atoms with Crippen LogP contribution in [0.25, 0.3) is 11.0 Å². The summed E-state index contributed by atoms with van der Waals surface area (Å²) in [5, 5.41) is 8.61. The molecule has 1 N–H and O–H groups in total. The van der Waals surface area contributed by atoms with Gasteiger partial charge in [0.2, 0.25) is 0 Å². The third-order valence-corrected chi connectivity index (χ3v) is 4.24. The Labute approximate surface area is 130 Å². The lowest BCUT2D eigenvalue weighted by atomic mass is 10.1. The molecule has 3 heterocycles. The molecular weight excluding hydrogens is 278 g/mol. The minimum absolute atomic E-state index is 0.0678. The number of carbonyl (C=O) groups excluding carboxylic acids is 1. The molecule has 1 aliphatic heterocycles. The van der Waals surface area contributed by atoms with Gasteiger partial charge in [0.25, 0.3) is 5.91 Å². The molecule has 2 aromatic rings. The van der Waals surface area contributed by atoms with Crippen molar-refractivity contribution in [3.63, 3.8) is 0 Å². The normalized spacial score (nSPS) is 19.1. The first-order valence-corrected chi connectivity index (χ1v) is 7.85. The second-order valence-corrected chi connectivity index (χ2v) is 6.27. The van der Waals surface area contributed by atoms with Gasteiger partial charge in [-0.3, -0.25) is 4.79 Å². The number of hydrogen-bond donors (Lipinski definition) is 1. The summed E-state index contributed by atoms with van der Waals surface area (Å²) >= 11 is 0. The highest BCUT2D eigenvalue weighted by Crippen LogP contribution is 2.21. The number of aryl methyl sites for hydroxylation is 1. The molecule has 6 nitrogen and oxygen atoms in total. The molecule has 1 aliphatic rings. The quantitative estimate of drug-likeness (QED) is 0.918. The fourth-order valence-electron chi connectivity index (χ4n) is 2.96. The molecule has 0 unspecified atom stereocenters. The number of fused-ring (bicyclic) bond motifs is 1. The minimum Gasteiger partial charge on any atom is -0.333 e. The van der Waals surface area contributed by atoms with E-state index in [2.05, 4.69) is 36.2 Å². The summed E-state index contributed by atoms with van der Waals surface area (Å²) < 4.78 is 1.89. The number of rotatable bonds is 2. The van der Waals surface area contributed by atoms with Crippen LogP contribution in [-0.2, 0) is 0 Å². The molecule has 22 heavy (non-hydrogen) atoms. The molecule has 6 heteroatoms. The van der Waals surface area contributed by atoms with Gasteiger partial charge >= 0.3 is 0 Å². The lowest BCUT2D eigenvalue weighted by Gasteiger charge is -2.34. The van der Waals surface area contributed by atoms with Crippen LogP contribution in [-0.4, -0.2) is 51.2 Å². The molecule has 0 spiro atoms. The maximum absolute atomic E-state index is 12.8.